The van der Waals surface area contributed by atoms with E-state index in [9.17, 15) is 4.79 Å². The summed E-state index contributed by atoms with van der Waals surface area (Å²) in [5, 5.41) is 3.72. The van der Waals surface area contributed by atoms with Crippen LogP contribution in [-0.2, 0) is 4.79 Å². The Balaban J connectivity index is 2.60. The molecule has 0 fully saturated rings. The van der Waals surface area contributed by atoms with Crippen molar-refractivity contribution in [2.45, 2.75) is 6.92 Å². The standard InChI is InChI=1S/C6H7NOS/c1-6(8)7-2-4-9-5-3-7/h2-5H,1H3. The Morgan fingerprint density at radius 3 is 2.33 bits per heavy atom. The van der Waals surface area contributed by atoms with Gasteiger partial charge in [0.05, 0.1) is 0 Å². The van der Waals surface area contributed by atoms with E-state index in [4.69, 9.17) is 0 Å². The molecule has 1 heterocycles. The molecule has 0 saturated carbocycles. The van der Waals surface area contributed by atoms with Crippen molar-refractivity contribution >= 4 is 17.7 Å². The summed E-state index contributed by atoms with van der Waals surface area (Å²) in [6.45, 7) is 1.53. The van der Waals surface area contributed by atoms with Gasteiger partial charge in [-0.2, -0.15) is 0 Å². The van der Waals surface area contributed by atoms with Crippen LogP contribution in [0.4, 0.5) is 0 Å². The molecule has 0 aromatic heterocycles. The number of hydrogen-bond acceptors (Lipinski definition) is 2. The molecule has 1 aliphatic rings. The third-order valence-corrected chi connectivity index (χ3v) is 1.52. The van der Waals surface area contributed by atoms with Crippen molar-refractivity contribution in [2.24, 2.45) is 0 Å². The van der Waals surface area contributed by atoms with Crippen molar-refractivity contribution in [3.63, 3.8) is 0 Å². The molecule has 9 heavy (non-hydrogen) atoms. The first kappa shape index (κ1) is 6.42. The monoisotopic (exact) mass is 141 g/mol. The normalized spacial score (nSPS) is 16.3. The first-order chi connectivity index (χ1) is 4.30. The third-order valence-electron chi connectivity index (χ3n) is 0.964. The zero-order valence-electron chi connectivity index (χ0n) is 5.07. The second-order valence-electron chi connectivity index (χ2n) is 1.63. The summed E-state index contributed by atoms with van der Waals surface area (Å²) < 4.78 is 0. The summed E-state index contributed by atoms with van der Waals surface area (Å²) in [6, 6.07) is 0. The highest BCUT2D eigenvalue weighted by molar-refractivity contribution is 8.04. The van der Waals surface area contributed by atoms with Crippen molar-refractivity contribution in [1.82, 2.24) is 4.90 Å². The van der Waals surface area contributed by atoms with Crippen LogP contribution in [0.15, 0.2) is 23.2 Å². The van der Waals surface area contributed by atoms with E-state index in [0.29, 0.717) is 0 Å². The summed E-state index contributed by atoms with van der Waals surface area (Å²) in [5.74, 6) is 0.0443. The maximum Gasteiger partial charge on any atom is 0.227 e. The molecule has 0 bridgehead atoms. The fourth-order valence-electron chi connectivity index (χ4n) is 0.506. The summed E-state index contributed by atoms with van der Waals surface area (Å²) in [6.07, 6.45) is 3.49. The zero-order chi connectivity index (χ0) is 6.69. The van der Waals surface area contributed by atoms with E-state index in [-0.39, 0.29) is 5.91 Å². The number of amides is 1. The molecule has 0 aromatic carbocycles. The molecule has 1 amide bonds. The van der Waals surface area contributed by atoms with Gasteiger partial charge in [-0.1, -0.05) is 0 Å². The molecular formula is C6H7NOS. The van der Waals surface area contributed by atoms with Gasteiger partial charge in [0.25, 0.3) is 0 Å². The molecule has 2 nitrogen and oxygen atoms in total. The summed E-state index contributed by atoms with van der Waals surface area (Å²) in [7, 11) is 0. The number of nitrogens with zero attached hydrogens (tertiary/aromatic N) is 1. The Labute approximate surface area is 58.2 Å². The van der Waals surface area contributed by atoms with E-state index in [1.54, 1.807) is 24.2 Å². The lowest BCUT2D eigenvalue weighted by Crippen LogP contribution is -2.16. The lowest BCUT2D eigenvalue weighted by atomic mass is 10.6. The molecule has 3 heteroatoms. The summed E-state index contributed by atoms with van der Waals surface area (Å²) in [4.78, 5) is 12.2. The number of carbonyl (C=O) groups is 1. The van der Waals surface area contributed by atoms with Gasteiger partial charge in [-0.05, 0) is 10.8 Å². The fourth-order valence-corrected chi connectivity index (χ4v) is 1.000. The molecule has 48 valence electrons. The molecule has 0 aromatic rings. The van der Waals surface area contributed by atoms with Crippen LogP contribution < -0.4 is 0 Å². The van der Waals surface area contributed by atoms with Gasteiger partial charge in [0.2, 0.25) is 5.91 Å². The minimum absolute atomic E-state index is 0.0443. The smallest absolute Gasteiger partial charge is 0.227 e. The first-order valence-electron chi connectivity index (χ1n) is 2.58. The third kappa shape index (κ3) is 1.61. The molecule has 0 radical (unpaired) electrons. The van der Waals surface area contributed by atoms with Gasteiger partial charge in [-0.3, -0.25) is 9.69 Å². The van der Waals surface area contributed by atoms with E-state index in [1.807, 2.05) is 10.8 Å². The average Bonchev–Trinajstić information content (AvgIpc) is 1.90. The second-order valence-corrected chi connectivity index (χ2v) is 2.45. The molecule has 0 unspecified atom stereocenters. The van der Waals surface area contributed by atoms with Gasteiger partial charge in [-0.25, -0.2) is 0 Å². The number of thioether (sulfide) groups is 1. The predicted molar refractivity (Wildman–Crippen MR) is 38.4 cm³/mol. The molecule has 0 atom stereocenters. The Morgan fingerprint density at radius 2 is 2.00 bits per heavy atom. The first-order valence-corrected chi connectivity index (χ1v) is 3.53. The Morgan fingerprint density at radius 1 is 1.44 bits per heavy atom. The number of hydrogen-bond donors (Lipinski definition) is 0. The van der Waals surface area contributed by atoms with E-state index in [1.165, 1.54) is 11.8 Å². The second kappa shape index (κ2) is 2.73. The van der Waals surface area contributed by atoms with Crippen molar-refractivity contribution < 1.29 is 4.79 Å². The number of rotatable bonds is 0. The van der Waals surface area contributed by atoms with Crippen LogP contribution in [0.3, 0.4) is 0 Å². The average molecular weight is 141 g/mol. The van der Waals surface area contributed by atoms with E-state index in [2.05, 4.69) is 0 Å². The van der Waals surface area contributed by atoms with Crippen LogP contribution in [-0.4, -0.2) is 10.8 Å². The van der Waals surface area contributed by atoms with Crippen LogP contribution in [0.5, 0.6) is 0 Å². The van der Waals surface area contributed by atoms with Crippen molar-refractivity contribution in [1.29, 1.82) is 0 Å². The van der Waals surface area contributed by atoms with Crippen LogP contribution in [0.25, 0.3) is 0 Å². The van der Waals surface area contributed by atoms with Crippen LogP contribution >= 0.6 is 11.8 Å². The van der Waals surface area contributed by atoms with Gasteiger partial charge >= 0.3 is 0 Å². The van der Waals surface area contributed by atoms with Crippen molar-refractivity contribution in [2.75, 3.05) is 0 Å². The molecule has 0 saturated heterocycles. The lowest BCUT2D eigenvalue weighted by molar-refractivity contribution is -0.124. The SMILES string of the molecule is CC(=O)N1C=CSC=C1. The van der Waals surface area contributed by atoms with E-state index >= 15 is 0 Å². The predicted octanol–water partition coefficient (Wildman–Crippen LogP) is 1.52. The topological polar surface area (TPSA) is 20.3 Å². The van der Waals surface area contributed by atoms with Gasteiger partial charge < -0.3 is 0 Å². The lowest BCUT2D eigenvalue weighted by Gasteiger charge is -2.11. The molecule has 0 spiro atoms. The van der Waals surface area contributed by atoms with Crippen LogP contribution in [0.1, 0.15) is 6.92 Å². The largest absolute Gasteiger partial charge is 0.294 e. The van der Waals surface area contributed by atoms with Crippen LogP contribution in [0, 0.1) is 0 Å². The molecule has 1 rings (SSSR count). The fraction of sp³-hybridized carbons (Fsp3) is 0.167. The van der Waals surface area contributed by atoms with Crippen molar-refractivity contribution in [3.8, 4) is 0 Å². The zero-order valence-corrected chi connectivity index (χ0v) is 5.89. The van der Waals surface area contributed by atoms with E-state index in [0.717, 1.165) is 0 Å². The number of carbonyl (C=O) groups excluding carboxylic acids is 1. The molecule has 1 aliphatic heterocycles. The minimum atomic E-state index is 0.0443. The Hall–Kier alpha value is -0.700. The Bertz CT molecular complexity index is 162. The Kier molecular flexibility index (Phi) is 1.95. The van der Waals surface area contributed by atoms with Gasteiger partial charge in [0.1, 0.15) is 0 Å². The van der Waals surface area contributed by atoms with E-state index < -0.39 is 0 Å². The van der Waals surface area contributed by atoms with Gasteiger partial charge in [0, 0.05) is 19.3 Å². The highest BCUT2D eigenvalue weighted by Gasteiger charge is 2.00. The summed E-state index contributed by atoms with van der Waals surface area (Å²) >= 11 is 1.56. The van der Waals surface area contributed by atoms with Gasteiger partial charge in [0.15, 0.2) is 0 Å². The highest BCUT2D eigenvalue weighted by atomic mass is 32.2. The maximum atomic E-state index is 10.6. The highest BCUT2D eigenvalue weighted by Crippen LogP contribution is 2.11. The van der Waals surface area contributed by atoms with Crippen LogP contribution in [0.2, 0.25) is 0 Å². The van der Waals surface area contributed by atoms with Gasteiger partial charge in [-0.15, -0.1) is 11.8 Å². The minimum Gasteiger partial charge on any atom is -0.294 e. The molecular weight excluding hydrogens is 134 g/mol. The summed E-state index contributed by atoms with van der Waals surface area (Å²) in [5.41, 5.74) is 0. The molecule has 0 N–H and O–H groups in total. The maximum absolute atomic E-state index is 10.6. The van der Waals surface area contributed by atoms with Crippen molar-refractivity contribution in [3.05, 3.63) is 23.2 Å². The molecule has 0 aliphatic carbocycles. The quantitative estimate of drug-likeness (QED) is 0.510.